The Kier molecular flexibility index (Phi) is 6.53. The van der Waals surface area contributed by atoms with E-state index in [0.29, 0.717) is 24.6 Å². The number of aromatic nitrogens is 1. The second-order valence-electron chi connectivity index (χ2n) is 6.35. The maximum absolute atomic E-state index is 12.4. The minimum Gasteiger partial charge on any atom is -0.385 e. The molecule has 1 saturated heterocycles. The van der Waals surface area contributed by atoms with Crippen LogP contribution >= 0.6 is 11.8 Å². The lowest BCUT2D eigenvalue weighted by Gasteiger charge is -2.07. The summed E-state index contributed by atoms with van der Waals surface area (Å²) in [6.07, 6.45) is 4.34. The summed E-state index contributed by atoms with van der Waals surface area (Å²) in [5, 5.41) is 3.55. The van der Waals surface area contributed by atoms with Gasteiger partial charge in [-0.1, -0.05) is 18.2 Å². The van der Waals surface area contributed by atoms with E-state index in [1.807, 2.05) is 35.0 Å². The summed E-state index contributed by atoms with van der Waals surface area (Å²) in [5.74, 6) is -0.361. The van der Waals surface area contributed by atoms with Crippen LogP contribution in [0.15, 0.2) is 35.4 Å². The predicted molar refractivity (Wildman–Crippen MR) is 110 cm³/mol. The summed E-state index contributed by atoms with van der Waals surface area (Å²) in [5.41, 5.74) is 1.71. The van der Waals surface area contributed by atoms with Crippen LogP contribution in [0.3, 0.4) is 0 Å². The van der Waals surface area contributed by atoms with Crippen LogP contribution in [0.2, 0.25) is 0 Å². The second-order valence-corrected chi connectivity index (χ2v) is 7.34. The minimum atomic E-state index is -0.273. The van der Waals surface area contributed by atoms with Gasteiger partial charge in [-0.05, 0) is 37.2 Å². The lowest BCUT2D eigenvalue weighted by molar-refractivity contribution is -0.123. The number of carbonyl (C=O) groups is 3. The highest BCUT2D eigenvalue weighted by atomic mass is 32.2. The molecular weight excluding hydrogens is 378 g/mol. The van der Waals surface area contributed by atoms with E-state index in [-0.39, 0.29) is 23.6 Å². The largest absolute Gasteiger partial charge is 0.385 e. The first-order chi connectivity index (χ1) is 13.5. The fourth-order valence-electron chi connectivity index (χ4n) is 3.09. The molecule has 8 heteroatoms. The Morgan fingerprint density at radius 3 is 2.79 bits per heavy atom. The van der Waals surface area contributed by atoms with Crippen LogP contribution in [0.1, 0.15) is 18.9 Å². The number of rotatable bonds is 8. The summed E-state index contributed by atoms with van der Waals surface area (Å²) in [6.45, 7) is 3.47. The number of methoxy groups -OCH3 is 1. The van der Waals surface area contributed by atoms with Crippen LogP contribution in [-0.2, 0) is 20.9 Å². The van der Waals surface area contributed by atoms with E-state index in [1.54, 1.807) is 20.1 Å². The first kappa shape index (κ1) is 20.2. The van der Waals surface area contributed by atoms with E-state index in [2.05, 4.69) is 5.32 Å². The van der Waals surface area contributed by atoms with Crippen molar-refractivity contribution in [1.29, 1.82) is 0 Å². The van der Waals surface area contributed by atoms with Crippen LogP contribution < -0.4 is 5.32 Å². The number of thioether (sulfide) groups is 1. The molecule has 0 radical (unpaired) electrons. The van der Waals surface area contributed by atoms with Crippen molar-refractivity contribution in [2.75, 3.05) is 26.8 Å². The molecule has 0 bridgehead atoms. The minimum absolute atomic E-state index is 0.0882. The van der Waals surface area contributed by atoms with E-state index in [0.717, 1.165) is 34.6 Å². The van der Waals surface area contributed by atoms with Gasteiger partial charge in [0.2, 0.25) is 5.91 Å². The van der Waals surface area contributed by atoms with Gasteiger partial charge in [0.25, 0.3) is 11.1 Å². The maximum atomic E-state index is 12.4. The highest BCUT2D eigenvalue weighted by Crippen LogP contribution is 2.33. The smallest absolute Gasteiger partial charge is 0.293 e. The van der Waals surface area contributed by atoms with Crippen LogP contribution in [0.25, 0.3) is 17.0 Å². The van der Waals surface area contributed by atoms with E-state index < -0.39 is 0 Å². The summed E-state index contributed by atoms with van der Waals surface area (Å²) >= 11 is 0.947. The number of likely N-dealkylation sites (N-methyl/N-ethyl adjacent to an activating group) is 1. The number of carbonyl (C=O) groups excluding carboxylic acids is 3. The standard InChI is InChI=1S/C20H23N3O4S/c1-3-23-19(25)17(28-20(23)26)11-14-12-22(16-8-5-4-7-15(14)16)13-18(24)21-9-6-10-27-2/h4-5,7-8,11-12H,3,6,9-10,13H2,1-2H3,(H,21,24)/b17-11-. The Morgan fingerprint density at radius 2 is 2.07 bits per heavy atom. The van der Waals surface area contributed by atoms with Crippen molar-refractivity contribution in [2.45, 2.75) is 19.9 Å². The van der Waals surface area contributed by atoms with Crippen molar-refractivity contribution in [3.8, 4) is 0 Å². The van der Waals surface area contributed by atoms with Gasteiger partial charge < -0.3 is 14.6 Å². The fraction of sp³-hybridized carbons (Fsp3) is 0.350. The number of imide groups is 1. The molecule has 1 aliphatic heterocycles. The van der Waals surface area contributed by atoms with Gasteiger partial charge in [0, 0.05) is 49.5 Å². The molecule has 0 spiro atoms. The van der Waals surface area contributed by atoms with Crippen LogP contribution in [0.5, 0.6) is 0 Å². The third-order valence-corrected chi connectivity index (χ3v) is 5.36. The van der Waals surface area contributed by atoms with Crippen LogP contribution in [-0.4, -0.2) is 53.3 Å². The molecule has 3 rings (SSSR count). The number of amides is 3. The Balaban J connectivity index is 1.83. The molecule has 0 unspecified atom stereocenters. The molecule has 1 aliphatic rings. The Labute approximate surface area is 167 Å². The molecule has 0 saturated carbocycles. The third-order valence-electron chi connectivity index (χ3n) is 4.46. The zero-order valence-corrected chi connectivity index (χ0v) is 16.8. The number of fused-ring (bicyclic) bond motifs is 1. The number of ether oxygens (including phenoxy) is 1. The first-order valence-corrected chi connectivity index (χ1v) is 9.95. The normalized spacial score (nSPS) is 15.8. The first-order valence-electron chi connectivity index (χ1n) is 9.14. The number of para-hydroxylation sites is 1. The molecule has 3 amide bonds. The number of benzene rings is 1. The summed E-state index contributed by atoms with van der Waals surface area (Å²) in [4.78, 5) is 38.2. The van der Waals surface area contributed by atoms with E-state index in [1.165, 1.54) is 4.90 Å². The Morgan fingerprint density at radius 1 is 1.29 bits per heavy atom. The molecule has 148 valence electrons. The molecule has 0 aliphatic carbocycles. The van der Waals surface area contributed by atoms with Gasteiger partial charge in [-0.25, -0.2) is 0 Å². The molecule has 2 heterocycles. The molecule has 1 fully saturated rings. The van der Waals surface area contributed by atoms with Crippen molar-refractivity contribution >= 4 is 45.8 Å². The molecule has 1 aromatic carbocycles. The van der Waals surface area contributed by atoms with Gasteiger partial charge in [-0.2, -0.15) is 0 Å². The Bertz CT molecular complexity index is 935. The maximum Gasteiger partial charge on any atom is 0.293 e. The SMILES string of the molecule is CCN1C(=O)S/C(=C\c2cn(CC(=O)NCCCOC)c3ccccc23)C1=O. The van der Waals surface area contributed by atoms with Crippen molar-refractivity contribution in [1.82, 2.24) is 14.8 Å². The lowest BCUT2D eigenvalue weighted by Crippen LogP contribution is -2.28. The number of hydrogen-bond donors (Lipinski definition) is 1. The van der Waals surface area contributed by atoms with Crippen molar-refractivity contribution in [2.24, 2.45) is 0 Å². The van der Waals surface area contributed by atoms with Crippen LogP contribution in [0, 0.1) is 0 Å². The number of nitrogens with one attached hydrogen (secondary N) is 1. The third kappa shape index (κ3) is 4.28. The zero-order valence-electron chi connectivity index (χ0n) is 15.9. The van der Waals surface area contributed by atoms with Gasteiger partial charge >= 0.3 is 0 Å². The van der Waals surface area contributed by atoms with E-state index in [4.69, 9.17) is 4.74 Å². The van der Waals surface area contributed by atoms with Gasteiger partial charge in [0.1, 0.15) is 6.54 Å². The predicted octanol–water partition coefficient (Wildman–Crippen LogP) is 2.85. The highest BCUT2D eigenvalue weighted by Gasteiger charge is 2.33. The number of hydrogen-bond acceptors (Lipinski definition) is 5. The average molecular weight is 401 g/mol. The molecule has 2 aromatic rings. The summed E-state index contributed by atoms with van der Waals surface area (Å²) < 4.78 is 6.84. The van der Waals surface area contributed by atoms with Crippen molar-refractivity contribution in [3.63, 3.8) is 0 Å². The molecule has 28 heavy (non-hydrogen) atoms. The topological polar surface area (TPSA) is 80.6 Å². The fourth-order valence-corrected chi connectivity index (χ4v) is 3.98. The van der Waals surface area contributed by atoms with Crippen LogP contribution in [0.4, 0.5) is 4.79 Å². The van der Waals surface area contributed by atoms with E-state index >= 15 is 0 Å². The van der Waals surface area contributed by atoms with Gasteiger partial charge in [-0.15, -0.1) is 0 Å². The van der Waals surface area contributed by atoms with E-state index in [9.17, 15) is 14.4 Å². The summed E-state index contributed by atoms with van der Waals surface area (Å²) in [7, 11) is 1.63. The highest BCUT2D eigenvalue weighted by molar-refractivity contribution is 8.18. The monoisotopic (exact) mass is 401 g/mol. The molecular formula is C20H23N3O4S. The quantitative estimate of drug-likeness (QED) is 0.543. The lowest BCUT2D eigenvalue weighted by atomic mass is 10.1. The zero-order chi connectivity index (χ0) is 20.1. The molecule has 7 nitrogen and oxygen atoms in total. The second kappa shape index (κ2) is 9.07. The van der Waals surface area contributed by atoms with Gasteiger partial charge in [0.15, 0.2) is 0 Å². The molecule has 0 atom stereocenters. The summed E-state index contributed by atoms with van der Waals surface area (Å²) in [6, 6.07) is 7.69. The average Bonchev–Trinajstić information content (AvgIpc) is 3.16. The number of nitrogens with zero attached hydrogens (tertiary/aromatic N) is 2. The van der Waals surface area contributed by atoms with Gasteiger partial charge in [-0.3, -0.25) is 19.3 Å². The van der Waals surface area contributed by atoms with Crippen molar-refractivity contribution < 1.29 is 19.1 Å². The van der Waals surface area contributed by atoms with Gasteiger partial charge in [0.05, 0.1) is 4.91 Å². The molecule has 1 N–H and O–H groups in total. The Hall–Kier alpha value is -2.58. The van der Waals surface area contributed by atoms with Crippen molar-refractivity contribution in [3.05, 3.63) is 40.9 Å². The molecule has 1 aromatic heterocycles.